The average Bonchev–Trinajstić information content (AvgIpc) is 3.25. The molecule has 0 radical (unpaired) electrons. The molecule has 0 spiro atoms. The van der Waals surface area contributed by atoms with Crippen molar-refractivity contribution in [3.05, 3.63) is 95.0 Å². The van der Waals surface area contributed by atoms with Gasteiger partial charge in [0, 0.05) is 34.7 Å². The van der Waals surface area contributed by atoms with Gasteiger partial charge in [0.1, 0.15) is 17.1 Å². The first kappa shape index (κ1) is 23.3. The molecule has 5 heteroatoms. The molecule has 4 rings (SSSR count). The Hall–Kier alpha value is -3.86. The Labute approximate surface area is 199 Å². The lowest BCUT2D eigenvalue weighted by Gasteiger charge is -2.15. The summed E-state index contributed by atoms with van der Waals surface area (Å²) >= 11 is 0. The van der Waals surface area contributed by atoms with Crippen molar-refractivity contribution in [2.45, 2.75) is 34.2 Å². The topological polar surface area (TPSA) is 51.5 Å². The van der Waals surface area contributed by atoms with Gasteiger partial charge in [-0.2, -0.15) is 0 Å². The summed E-state index contributed by atoms with van der Waals surface area (Å²) in [6.45, 7) is 8.73. The van der Waals surface area contributed by atoms with Gasteiger partial charge in [-0.05, 0) is 62.6 Å². The van der Waals surface area contributed by atoms with E-state index >= 15 is 0 Å². The van der Waals surface area contributed by atoms with Crippen LogP contribution < -0.4 is 10.1 Å². The molecule has 1 heterocycles. The van der Waals surface area contributed by atoms with Crippen LogP contribution in [0.15, 0.2) is 71.4 Å². The fourth-order valence-corrected chi connectivity index (χ4v) is 4.01. The van der Waals surface area contributed by atoms with E-state index in [1.807, 2.05) is 58.0 Å². The Bertz CT molecular complexity index is 1350. The van der Waals surface area contributed by atoms with Gasteiger partial charge in [-0.15, -0.1) is 0 Å². The quantitative estimate of drug-likeness (QED) is 0.305. The lowest BCUT2D eigenvalue weighted by molar-refractivity contribution is -0.116. The minimum atomic E-state index is -0.289. The monoisotopic (exact) mass is 457 g/mol. The van der Waals surface area contributed by atoms with Crippen molar-refractivity contribution in [3.8, 4) is 16.9 Å². The maximum absolute atomic E-state index is 13.4. The summed E-state index contributed by atoms with van der Waals surface area (Å²) in [4.78, 5) is 12.7. The molecule has 1 aromatic heterocycles. The molecule has 0 fully saturated rings. The predicted molar refractivity (Wildman–Crippen MR) is 134 cm³/mol. The maximum atomic E-state index is 13.4. The Morgan fingerprint density at radius 3 is 2.47 bits per heavy atom. The molecule has 3 aromatic carbocycles. The van der Waals surface area contributed by atoms with Crippen molar-refractivity contribution in [2.75, 3.05) is 6.61 Å². The number of fused-ring (bicyclic) bond motifs is 1. The van der Waals surface area contributed by atoms with E-state index in [0.717, 1.165) is 38.8 Å². The number of hydrogen-bond acceptors (Lipinski definition) is 3. The highest BCUT2D eigenvalue weighted by Gasteiger charge is 2.19. The van der Waals surface area contributed by atoms with E-state index in [-0.39, 0.29) is 11.7 Å². The first-order valence-corrected chi connectivity index (χ1v) is 11.3. The van der Waals surface area contributed by atoms with Crippen LogP contribution in [-0.2, 0) is 11.3 Å². The number of rotatable bonds is 7. The van der Waals surface area contributed by atoms with E-state index in [1.54, 1.807) is 24.5 Å². The first-order chi connectivity index (χ1) is 16.4. The van der Waals surface area contributed by atoms with Crippen LogP contribution in [-0.4, -0.2) is 12.5 Å². The van der Waals surface area contributed by atoms with Crippen LogP contribution >= 0.6 is 0 Å². The van der Waals surface area contributed by atoms with Gasteiger partial charge in [0.25, 0.3) is 0 Å². The van der Waals surface area contributed by atoms with Gasteiger partial charge in [-0.3, -0.25) is 4.79 Å². The second-order valence-electron chi connectivity index (χ2n) is 8.37. The SMILES string of the molecule is CCOc1c(/C(C)=C/C(=O)NCc2ccc(C)cc2)cc2c(-c3ccc(F)cc3)coc2c1C. The fourth-order valence-electron chi connectivity index (χ4n) is 4.01. The summed E-state index contributed by atoms with van der Waals surface area (Å²) in [6, 6.07) is 16.4. The van der Waals surface area contributed by atoms with Gasteiger partial charge in [0.05, 0.1) is 12.9 Å². The van der Waals surface area contributed by atoms with E-state index in [1.165, 1.54) is 17.7 Å². The van der Waals surface area contributed by atoms with Crippen LogP contribution in [0.4, 0.5) is 4.39 Å². The Kier molecular flexibility index (Phi) is 6.82. The first-order valence-electron chi connectivity index (χ1n) is 11.3. The number of furan rings is 1. The number of allylic oxidation sites excluding steroid dienone is 1. The van der Waals surface area contributed by atoms with Crippen LogP contribution in [0, 0.1) is 19.7 Å². The van der Waals surface area contributed by atoms with Crippen molar-refractivity contribution >= 4 is 22.4 Å². The summed E-state index contributed by atoms with van der Waals surface area (Å²) in [5, 5.41) is 3.83. The number of nitrogens with one attached hydrogen (secondary N) is 1. The molecule has 0 aliphatic carbocycles. The maximum Gasteiger partial charge on any atom is 0.244 e. The second-order valence-corrected chi connectivity index (χ2v) is 8.37. The standard InChI is InChI=1S/C29H28FNO3/c1-5-33-28-20(4)29-25(26(17-34-29)22-10-12-23(30)13-11-22)15-24(28)19(3)14-27(32)31-16-21-8-6-18(2)7-9-21/h6-15,17H,5,16H2,1-4H3,(H,31,32)/b19-14+. The third-order valence-electron chi connectivity index (χ3n) is 5.85. The van der Waals surface area contributed by atoms with Crippen LogP contribution in [0.5, 0.6) is 5.75 Å². The average molecular weight is 458 g/mol. The number of ether oxygens (including phenoxy) is 1. The number of carbonyl (C=O) groups is 1. The summed E-state index contributed by atoms with van der Waals surface area (Å²) in [7, 11) is 0. The predicted octanol–water partition coefficient (Wildman–Crippen LogP) is 6.97. The van der Waals surface area contributed by atoms with E-state index in [4.69, 9.17) is 9.15 Å². The van der Waals surface area contributed by atoms with E-state index in [2.05, 4.69) is 5.32 Å². The smallest absolute Gasteiger partial charge is 0.244 e. The van der Waals surface area contributed by atoms with E-state index in [0.29, 0.717) is 24.5 Å². The molecule has 0 atom stereocenters. The van der Waals surface area contributed by atoms with Crippen molar-refractivity contribution in [2.24, 2.45) is 0 Å². The molecule has 0 unspecified atom stereocenters. The molecular formula is C29H28FNO3. The largest absolute Gasteiger partial charge is 0.493 e. The molecule has 0 aliphatic rings. The summed E-state index contributed by atoms with van der Waals surface area (Å²) in [5.74, 6) is 0.224. The highest BCUT2D eigenvalue weighted by atomic mass is 19.1. The molecule has 0 bridgehead atoms. The fraction of sp³-hybridized carbons (Fsp3) is 0.207. The Morgan fingerprint density at radius 1 is 1.09 bits per heavy atom. The number of aryl methyl sites for hydroxylation is 2. The molecule has 4 aromatic rings. The molecular weight excluding hydrogens is 429 g/mol. The zero-order chi connectivity index (χ0) is 24.2. The van der Waals surface area contributed by atoms with Crippen molar-refractivity contribution in [1.82, 2.24) is 5.32 Å². The molecule has 4 nitrogen and oxygen atoms in total. The number of carbonyl (C=O) groups excluding carboxylic acids is 1. The number of benzene rings is 3. The molecule has 0 saturated carbocycles. The number of amides is 1. The Morgan fingerprint density at radius 2 is 1.79 bits per heavy atom. The molecule has 0 saturated heterocycles. The third kappa shape index (κ3) is 4.88. The van der Waals surface area contributed by atoms with Crippen LogP contribution in [0.1, 0.15) is 36.1 Å². The Balaban J connectivity index is 1.69. The molecule has 1 amide bonds. The summed E-state index contributed by atoms with van der Waals surface area (Å²) in [5.41, 5.74) is 7.10. The van der Waals surface area contributed by atoms with Crippen molar-refractivity contribution in [1.29, 1.82) is 0 Å². The van der Waals surface area contributed by atoms with Gasteiger partial charge in [-0.1, -0.05) is 42.0 Å². The van der Waals surface area contributed by atoms with E-state index in [9.17, 15) is 9.18 Å². The van der Waals surface area contributed by atoms with Gasteiger partial charge in [-0.25, -0.2) is 4.39 Å². The number of hydrogen-bond donors (Lipinski definition) is 1. The summed E-state index contributed by atoms with van der Waals surface area (Å²) in [6.07, 6.45) is 3.27. The minimum Gasteiger partial charge on any atom is -0.493 e. The van der Waals surface area contributed by atoms with Crippen LogP contribution in [0.25, 0.3) is 27.7 Å². The number of halogens is 1. The van der Waals surface area contributed by atoms with Crippen molar-refractivity contribution in [3.63, 3.8) is 0 Å². The minimum absolute atomic E-state index is 0.177. The van der Waals surface area contributed by atoms with Crippen LogP contribution in [0.2, 0.25) is 0 Å². The highest BCUT2D eigenvalue weighted by Crippen LogP contribution is 2.40. The molecule has 0 aliphatic heterocycles. The molecule has 34 heavy (non-hydrogen) atoms. The van der Waals surface area contributed by atoms with Gasteiger partial charge in [0.2, 0.25) is 5.91 Å². The molecule has 1 N–H and O–H groups in total. The van der Waals surface area contributed by atoms with Crippen LogP contribution in [0.3, 0.4) is 0 Å². The highest BCUT2D eigenvalue weighted by molar-refractivity contribution is 6.01. The lowest BCUT2D eigenvalue weighted by atomic mass is 9.96. The molecule has 174 valence electrons. The lowest BCUT2D eigenvalue weighted by Crippen LogP contribution is -2.20. The zero-order valence-electron chi connectivity index (χ0n) is 19.9. The summed E-state index contributed by atoms with van der Waals surface area (Å²) < 4.78 is 25.3. The normalized spacial score (nSPS) is 11.6. The van der Waals surface area contributed by atoms with Gasteiger partial charge >= 0.3 is 0 Å². The second kappa shape index (κ2) is 9.96. The third-order valence-corrected chi connectivity index (χ3v) is 5.85. The zero-order valence-corrected chi connectivity index (χ0v) is 19.9. The van der Waals surface area contributed by atoms with Crippen molar-refractivity contribution < 1.29 is 18.3 Å². The van der Waals surface area contributed by atoms with E-state index < -0.39 is 0 Å². The van der Waals surface area contributed by atoms with Gasteiger partial charge < -0.3 is 14.5 Å². The van der Waals surface area contributed by atoms with Gasteiger partial charge in [0.15, 0.2) is 0 Å².